The molecule has 0 spiro atoms. The van der Waals surface area contributed by atoms with E-state index in [4.69, 9.17) is 0 Å². The number of amides is 1. The maximum atomic E-state index is 12.1. The zero-order valence-electron chi connectivity index (χ0n) is 12.0. The van der Waals surface area contributed by atoms with E-state index in [9.17, 15) is 4.79 Å². The maximum absolute atomic E-state index is 12.1. The molecule has 1 amide bonds. The van der Waals surface area contributed by atoms with Gasteiger partial charge in [0.25, 0.3) is 0 Å². The van der Waals surface area contributed by atoms with Gasteiger partial charge in [-0.1, -0.05) is 30.3 Å². The van der Waals surface area contributed by atoms with E-state index < -0.39 is 0 Å². The summed E-state index contributed by atoms with van der Waals surface area (Å²) >= 11 is 0. The molecule has 0 saturated heterocycles. The third kappa shape index (κ3) is 3.92. The molecule has 104 valence electrons. The van der Waals surface area contributed by atoms with Crippen LogP contribution >= 0.6 is 0 Å². The number of benzene rings is 1. The Morgan fingerprint density at radius 3 is 2.70 bits per heavy atom. The molecule has 0 bridgehead atoms. The fourth-order valence-corrected chi connectivity index (χ4v) is 2.18. The molecule has 2 aromatic rings. The second-order valence-corrected chi connectivity index (χ2v) is 5.04. The molecule has 2 rings (SSSR count). The van der Waals surface area contributed by atoms with Crippen LogP contribution in [0.15, 0.2) is 48.8 Å². The van der Waals surface area contributed by atoms with E-state index in [2.05, 4.69) is 24.0 Å². The molecule has 3 heteroatoms. The molecule has 0 radical (unpaired) electrons. The third-order valence-corrected chi connectivity index (χ3v) is 3.44. The van der Waals surface area contributed by atoms with Gasteiger partial charge in [-0.05, 0) is 36.1 Å². The summed E-state index contributed by atoms with van der Waals surface area (Å²) in [6, 6.07) is 12.1. The molecule has 3 nitrogen and oxygen atoms in total. The normalized spacial score (nSPS) is 10.3. The van der Waals surface area contributed by atoms with Crippen LogP contribution in [0, 0.1) is 6.92 Å². The van der Waals surface area contributed by atoms with Gasteiger partial charge in [-0.3, -0.25) is 9.78 Å². The summed E-state index contributed by atoms with van der Waals surface area (Å²) in [6.45, 7) is 2.69. The van der Waals surface area contributed by atoms with E-state index in [1.807, 2.05) is 31.3 Å². The molecule has 1 aromatic heterocycles. The number of hydrogen-bond donors (Lipinski definition) is 0. The number of hydrogen-bond acceptors (Lipinski definition) is 2. The van der Waals surface area contributed by atoms with Crippen LogP contribution < -0.4 is 0 Å². The number of aryl methyl sites for hydroxylation is 2. The summed E-state index contributed by atoms with van der Waals surface area (Å²) in [4.78, 5) is 18.0. The Kier molecular flexibility index (Phi) is 4.88. The first kappa shape index (κ1) is 14.3. The Bertz CT molecular complexity index is 566. The summed E-state index contributed by atoms with van der Waals surface area (Å²) in [5, 5.41) is 0. The van der Waals surface area contributed by atoms with Crippen LogP contribution in [0.3, 0.4) is 0 Å². The van der Waals surface area contributed by atoms with Crippen LogP contribution in [0.5, 0.6) is 0 Å². The first-order valence-electron chi connectivity index (χ1n) is 6.84. The summed E-state index contributed by atoms with van der Waals surface area (Å²) in [6.07, 6.45) is 4.87. The third-order valence-electron chi connectivity index (χ3n) is 3.44. The van der Waals surface area contributed by atoms with Crippen LogP contribution in [-0.4, -0.2) is 22.8 Å². The number of pyridine rings is 1. The van der Waals surface area contributed by atoms with Gasteiger partial charge in [-0.2, -0.15) is 0 Å². The Hall–Kier alpha value is -2.16. The van der Waals surface area contributed by atoms with Crippen LogP contribution in [-0.2, 0) is 17.8 Å². The van der Waals surface area contributed by atoms with Gasteiger partial charge >= 0.3 is 0 Å². The number of rotatable bonds is 5. The van der Waals surface area contributed by atoms with Gasteiger partial charge < -0.3 is 4.90 Å². The van der Waals surface area contributed by atoms with Crippen molar-refractivity contribution in [3.05, 3.63) is 65.5 Å². The SMILES string of the molecule is Cc1ccccc1CCC(=O)N(C)Cc1cccnc1. The zero-order valence-corrected chi connectivity index (χ0v) is 12.0. The molecule has 1 aromatic carbocycles. The number of aromatic nitrogens is 1. The standard InChI is InChI=1S/C17H20N2O/c1-14-6-3-4-8-16(14)9-10-17(20)19(2)13-15-7-5-11-18-12-15/h3-8,11-12H,9-10,13H2,1-2H3. The maximum Gasteiger partial charge on any atom is 0.222 e. The van der Waals surface area contributed by atoms with E-state index in [1.54, 1.807) is 17.3 Å². The minimum Gasteiger partial charge on any atom is -0.341 e. The Morgan fingerprint density at radius 2 is 2.00 bits per heavy atom. The van der Waals surface area contributed by atoms with Crippen molar-refractivity contribution in [1.82, 2.24) is 9.88 Å². The number of nitrogens with zero attached hydrogens (tertiary/aromatic N) is 2. The monoisotopic (exact) mass is 268 g/mol. The van der Waals surface area contributed by atoms with Crippen molar-refractivity contribution in [1.29, 1.82) is 0 Å². The van der Waals surface area contributed by atoms with Crippen molar-refractivity contribution in [2.75, 3.05) is 7.05 Å². The van der Waals surface area contributed by atoms with Gasteiger partial charge in [0.2, 0.25) is 5.91 Å². The van der Waals surface area contributed by atoms with Crippen molar-refractivity contribution in [2.45, 2.75) is 26.3 Å². The molecule has 0 unspecified atom stereocenters. The number of carbonyl (C=O) groups excluding carboxylic acids is 1. The summed E-state index contributed by atoms with van der Waals surface area (Å²) < 4.78 is 0. The highest BCUT2D eigenvalue weighted by Crippen LogP contribution is 2.11. The first-order valence-corrected chi connectivity index (χ1v) is 6.84. The van der Waals surface area contributed by atoms with Gasteiger partial charge in [0.05, 0.1) is 0 Å². The average molecular weight is 268 g/mol. The van der Waals surface area contributed by atoms with Crippen LogP contribution in [0.4, 0.5) is 0 Å². The van der Waals surface area contributed by atoms with Crippen molar-refractivity contribution in [2.24, 2.45) is 0 Å². The van der Waals surface area contributed by atoms with Crippen molar-refractivity contribution in [3.8, 4) is 0 Å². The van der Waals surface area contributed by atoms with Crippen LogP contribution in [0.1, 0.15) is 23.1 Å². The molecule has 0 saturated carbocycles. The van der Waals surface area contributed by atoms with E-state index in [1.165, 1.54) is 11.1 Å². The van der Waals surface area contributed by atoms with Crippen molar-refractivity contribution < 1.29 is 4.79 Å². The predicted octanol–water partition coefficient (Wildman–Crippen LogP) is 2.98. The summed E-state index contributed by atoms with van der Waals surface area (Å²) in [5.41, 5.74) is 3.55. The highest BCUT2D eigenvalue weighted by Gasteiger charge is 2.10. The molecule has 1 heterocycles. The van der Waals surface area contributed by atoms with E-state index in [0.29, 0.717) is 13.0 Å². The summed E-state index contributed by atoms with van der Waals surface area (Å²) in [7, 11) is 1.84. The lowest BCUT2D eigenvalue weighted by Crippen LogP contribution is -2.26. The van der Waals surface area contributed by atoms with Crippen LogP contribution in [0.2, 0.25) is 0 Å². The van der Waals surface area contributed by atoms with Gasteiger partial charge in [-0.25, -0.2) is 0 Å². The number of carbonyl (C=O) groups is 1. The molecule has 0 atom stereocenters. The Morgan fingerprint density at radius 1 is 1.20 bits per heavy atom. The van der Waals surface area contributed by atoms with Crippen molar-refractivity contribution in [3.63, 3.8) is 0 Å². The zero-order chi connectivity index (χ0) is 14.4. The van der Waals surface area contributed by atoms with Gasteiger partial charge in [0.15, 0.2) is 0 Å². The Balaban J connectivity index is 1.87. The quantitative estimate of drug-likeness (QED) is 0.835. The highest BCUT2D eigenvalue weighted by atomic mass is 16.2. The van der Waals surface area contributed by atoms with Gasteiger partial charge in [-0.15, -0.1) is 0 Å². The topological polar surface area (TPSA) is 33.2 Å². The van der Waals surface area contributed by atoms with Gasteiger partial charge in [0, 0.05) is 32.4 Å². The largest absolute Gasteiger partial charge is 0.341 e. The average Bonchev–Trinajstić information content (AvgIpc) is 2.47. The van der Waals surface area contributed by atoms with Gasteiger partial charge in [0.1, 0.15) is 0 Å². The molecular formula is C17H20N2O. The van der Waals surface area contributed by atoms with E-state index >= 15 is 0 Å². The molecule has 0 N–H and O–H groups in total. The predicted molar refractivity (Wildman–Crippen MR) is 80.2 cm³/mol. The smallest absolute Gasteiger partial charge is 0.222 e. The fourth-order valence-electron chi connectivity index (χ4n) is 2.18. The fraction of sp³-hybridized carbons (Fsp3) is 0.294. The molecule has 0 fully saturated rings. The van der Waals surface area contributed by atoms with Crippen LogP contribution in [0.25, 0.3) is 0 Å². The second-order valence-electron chi connectivity index (χ2n) is 5.04. The molecule has 20 heavy (non-hydrogen) atoms. The lowest BCUT2D eigenvalue weighted by atomic mass is 10.0. The molecule has 0 aliphatic rings. The first-order chi connectivity index (χ1) is 9.66. The lowest BCUT2D eigenvalue weighted by Gasteiger charge is -2.17. The van der Waals surface area contributed by atoms with E-state index in [-0.39, 0.29) is 5.91 Å². The highest BCUT2D eigenvalue weighted by molar-refractivity contribution is 5.76. The second kappa shape index (κ2) is 6.85. The summed E-state index contributed by atoms with van der Waals surface area (Å²) in [5.74, 6) is 0.164. The molecule has 0 aliphatic heterocycles. The van der Waals surface area contributed by atoms with Crippen molar-refractivity contribution >= 4 is 5.91 Å². The minimum atomic E-state index is 0.164. The molecule has 0 aliphatic carbocycles. The lowest BCUT2D eigenvalue weighted by molar-refractivity contribution is -0.130. The Labute approximate surface area is 120 Å². The molecular weight excluding hydrogens is 248 g/mol. The minimum absolute atomic E-state index is 0.164. The van der Waals surface area contributed by atoms with E-state index in [0.717, 1.165) is 12.0 Å².